The number of imidazole rings is 1. The molecule has 0 unspecified atom stereocenters. The highest BCUT2D eigenvalue weighted by Gasteiger charge is 2.06. The Morgan fingerprint density at radius 1 is 1.50 bits per heavy atom. The average molecular weight is 255 g/mol. The predicted molar refractivity (Wildman–Crippen MR) is 57.0 cm³/mol. The molecule has 0 radical (unpaired) electrons. The maximum atomic E-state index is 5.25. The van der Waals surface area contributed by atoms with Crippen molar-refractivity contribution in [2.24, 2.45) is 7.05 Å². The summed E-state index contributed by atoms with van der Waals surface area (Å²) in [7, 11) is 1.97. The zero-order valence-electron chi connectivity index (χ0n) is 7.90. The van der Waals surface area contributed by atoms with Crippen LogP contribution < -0.4 is 0 Å². The van der Waals surface area contributed by atoms with Gasteiger partial charge in [-0.3, -0.25) is 0 Å². The van der Waals surface area contributed by atoms with Crippen LogP contribution >= 0.6 is 15.9 Å². The summed E-state index contributed by atoms with van der Waals surface area (Å²) in [5.74, 6) is 1.00. The molecule has 2 heterocycles. The molecule has 2 aromatic rings. The van der Waals surface area contributed by atoms with Gasteiger partial charge in [0.05, 0.1) is 18.3 Å². The molecule has 0 aliphatic rings. The molecule has 0 aliphatic carbocycles. The number of hydrogen-bond acceptors (Lipinski definition) is 2. The van der Waals surface area contributed by atoms with E-state index in [0.29, 0.717) is 0 Å². The number of rotatable bonds is 3. The summed E-state index contributed by atoms with van der Waals surface area (Å²) in [6, 6.07) is 3.89. The number of hydrogen-bond donors (Lipinski definition) is 0. The summed E-state index contributed by atoms with van der Waals surface area (Å²) in [4.78, 5) is 4.29. The average Bonchev–Trinajstić information content (AvgIpc) is 2.77. The fraction of sp³-hybridized carbons (Fsp3) is 0.300. The Hall–Kier alpha value is -1.03. The van der Waals surface area contributed by atoms with Gasteiger partial charge in [0.2, 0.25) is 0 Å². The van der Waals surface area contributed by atoms with Crippen LogP contribution in [0.1, 0.15) is 11.5 Å². The van der Waals surface area contributed by atoms with E-state index in [4.69, 9.17) is 4.42 Å². The molecule has 4 heteroatoms. The van der Waals surface area contributed by atoms with Gasteiger partial charge in [-0.1, -0.05) is 0 Å². The lowest BCUT2D eigenvalue weighted by Crippen LogP contribution is -1.92. The Kier molecular flexibility index (Phi) is 2.72. The molecule has 2 aromatic heterocycles. The van der Waals surface area contributed by atoms with Crippen molar-refractivity contribution in [1.82, 2.24) is 9.55 Å². The summed E-state index contributed by atoms with van der Waals surface area (Å²) in [6.07, 6.45) is 5.29. The lowest BCUT2D eigenvalue weighted by atomic mass is 10.2. The minimum atomic E-state index is 0.891. The summed E-state index contributed by atoms with van der Waals surface area (Å²) in [5.41, 5.74) is 1.07. The Bertz CT molecular complexity index is 406. The highest BCUT2D eigenvalue weighted by Crippen LogP contribution is 2.16. The number of halogens is 1. The molecule has 0 spiro atoms. The summed E-state index contributed by atoms with van der Waals surface area (Å²) >= 11 is 3.48. The molecular weight excluding hydrogens is 244 g/mol. The zero-order chi connectivity index (χ0) is 9.97. The van der Waals surface area contributed by atoms with Gasteiger partial charge in [0.1, 0.15) is 10.4 Å². The van der Waals surface area contributed by atoms with Crippen molar-refractivity contribution in [3.05, 3.63) is 40.8 Å². The first kappa shape index (κ1) is 9.52. The molecule has 0 bridgehead atoms. The van der Waals surface area contributed by atoms with Crippen LogP contribution in [0, 0.1) is 0 Å². The van der Waals surface area contributed by atoms with Crippen LogP contribution in [-0.4, -0.2) is 9.55 Å². The van der Waals surface area contributed by atoms with Crippen molar-refractivity contribution in [2.45, 2.75) is 12.8 Å². The van der Waals surface area contributed by atoms with Crippen molar-refractivity contribution in [2.75, 3.05) is 0 Å². The molecule has 0 amide bonds. The van der Waals surface area contributed by atoms with E-state index in [1.54, 1.807) is 6.26 Å². The van der Waals surface area contributed by atoms with Crippen molar-refractivity contribution < 1.29 is 4.42 Å². The molecule has 0 N–H and O–H groups in total. The van der Waals surface area contributed by atoms with Crippen molar-refractivity contribution in [3.63, 3.8) is 0 Å². The third-order valence-corrected chi connectivity index (χ3v) is 3.14. The zero-order valence-corrected chi connectivity index (χ0v) is 9.49. The second-order valence-electron chi connectivity index (χ2n) is 3.17. The molecular formula is C10H11BrN2O. The SMILES string of the molecule is Cn1cnc(CCc2ccco2)c1Br. The van der Waals surface area contributed by atoms with Gasteiger partial charge in [-0.2, -0.15) is 0 Å². The highest BCUT2D eigenvalue weighted by molar-refractivity contribution is 9.10. The molecule has 0 atom stereocenters. The number of aromatic nitrogens is 2. The fourth-order valence-electron chi connectivity index (χ4n) is 1.33. The molecule has 2 rings (SSSR count). The van der Waals surface area contributed by atoms with Crippen molar-refractivity contribution in [3.8, 4) is 0 Å². The van der Waals surface area contributed by atoms with Gasteiger partial charge < -0.3 is 8.98 Å². The number of furan rings is 1. The van der Waals surface area contributed by atoms with Crippen molar-refractivity contribution in [1.29, 1.82) is 0 Å². The Morgan fingerprint density at radius 3 is 2.93 bits per heavy atom. The molecule has 0 saturated heterocycles. The van der Waals surface area contributed by atoms with Crippen LogP contribution in [-0.2, 0) is 19.9 Å². The van der Waals surface area contributed by atoms with Crippen LogP contribution in [0.15, 0.2) is 33.7 Å². The van der Waals surface area contributed by atoms with E-state index in [-0.39, 0.29) is 0 Å². The lowest BCUT2D eigenvalue weighted by molar-refractivity contribution is 0.507. The van der Waals surface area contributed by atoms with Gasteiger partial charge in [0.25, 0.3) is 0 Å². The molecule has 14 heavy (non-hydrogen) atoms. The predicted octanol–water partition coefficient (Wildman–Crippen LogP) is 2.56. The largest absolute Gasteiger partial charge is 0.469 e. The van der Waals surface area contributed by atoms with Crippen LogP contribution in [0.3, 0.4) is 0 Å². The first-order chi connectivity index (χ1) is 6.77. The molecule has 3 nitrogen and oxygen atoms in total. The monoisotopic (exact) mass is 254 g/mol. The molecule has 0 fully saturated rings. The second-order valence-corrected chi connectivity index (χ2v) is 3.92. The lowest BCUT2D eigenvalue weighted by Gasteiger charge is -1.96. The van der Waals surface area contributed by atoms with Gasteiger partial charge in [0, 0.05) is 13.5 Å². The van der Waals surface area contributed by atoms with E-state index in [0.717, 1.165) is 28.9 Å². The van der Waals surface area contributed by atoms with Crippen LogP contribution in [0.4, 0.5) is 0 Å². The van der Waals surface area contributed by atoms with E-state index >= 15 is 0 Å². The first-order valence-corrected chi connectivity index (χ1v) is 5.25. The normalized spacial score (nSPS) is 10.7. The van der Waals surface area contributed by atoms with E-state index < -0.39 is 0 Å². The second kappa shape index (κ2) is 4.00. The molecule has 74 valence electrons. The fourth-order valence-corrected chi connectivity index (χ4v) is 1.72. The number of aryl methyl sites for hydroxylation is 3. The standard InChI is InChI=1S/C10H11BrN2O/c1-13-7-12-9(10(13)11)5-4-8-3-2-6-14-8/h2-3,6-7H,4-5H2,1H3. The van der Waals surface area contributed by atoms with Gasteiger partial charge in [-0.15, -0.1) is 0 Å². The minimum Gasteiger partial charge on any atom is -0.469 e. The summed E-state index contributed by atoms with van der Waals surface area (Å²) in [5, 5.41) is 0. The smallest absolute Gasteiger partial charge is 0.107 e. The van der Waals surface area contributed by atoms with E-state index in [1.165, 1.54) is 0 Å². The quantitative estimate of drug-likeness (QED) is 0.843. The highest BCUT2D eigenvalue weighted by atomic mass is 79.9. The maximum absolute atomic E-state index is 5.25. The topological polar surface area (TPSA) is 31.0 Å². The van der Waals surface area contributed by atoms with Gasteiger partial charge in [-0.05, 0) is 34.5 Å². The molecule has 0 saturated carbocycles. The van der Waals surface area contributed by atoms with Crippen molar-refractivity contribution >= 4 is 15.9 Å². The van der Waals surface area contributed by atoms with Gasteiger partial charge >= 0.3 is 0 Å². The van der Waals surface area contributed by atoms with Crippen LogP contribution in [0.5, 0.6) is 0 Å². The van der Waals surface area contributed by atoms with Gasteiger partial charge in [-0.25, -0.2) is 4.98 Å². The summed E-state index contributed by atoms with van der Waals surface area (Å²) < 4.78 is 8.25. The first-order valence-electron chi connectivity index (χ1n) is 4.45. The van der Waals surface area contributed by atoms with Crippen LogP contribution in [0.2, 0.25) is 0 Å². The third-order valence-electron chi connectivity index (χ3n) is 2.12. The van der Waals surface area contributed by atoms with E-state index in [9.17, 15) is 0 Å². The number of nitrogens with zero attached hydrogens (tertiary/aromatic N) is 2. The third kappa shape index (κ3) is 1.90. The van der Waals surface area contributed by atoms with Crippen LogP contribution in [0.25, 0.3) is 0 Å². The van der Waals surface area contributed by atoms with Gasteiger partial charge in [0.15, 0.2) is 0 Å². The van der Waals surface area contributed by atoms with E-state index in [1.807, 2.05) is 30.1 Å². The summed E-state index contributed by atoms with van der Waals surface area (Å²) in [6.45, 7) is 0. The molecule has 0 aromatic carbocycles. The Morgan fingerprint density at radius 2 is 2.36 bits per heavy atom. The Labute approximate surface area is 90.9 Å². The maximum Gasteiger partial charge on any atom is 0.107 e. The molecule has 0 aliphatic heterocycles. The Balaban J connectivity index is 2.02. The van der Waals surface area contributed by atoms with E-state index in [2.05, 4.69) is 20.9 Å². The minimum absolute atomic E-state index is 0.891.